The van der Waals surface area contributed by atoms with Gasteiger partial charge in [0.05, 0.1) is 12.9 Å². The quantitative estimate of drug-likeness (QED) is 0.534. The molecule has 2 aromatic rings. The van der Waals surface area contributed by atoms with E-state index in [0.717, 1.165) is 35.4 Å². The standard InChI is InChI=1S/C20H27N3O3S/c1-21-20(22-13-12-18-6-4-5-7-19(18)26-2)23-14-16-8-10-17(11-9-16)15-27(3,24)25/h4-11H,12-15H2,1-3H3,(H2,21,22,23). The highest BCUT2D eigenvalue weighted by atomic mass is 32.2. The Morgan fingerprint density at radius 1 is 1.04 bits per heavy atom. The normalized spacial score (nSPS) is 11.9. The van der Waals surface area contributed by atoms with Crippen molar-refractivity contribution in [3.8, 4) is 5.75 Å². The van der Waals surface area contributed by atoms with Crippen LogP contribution in [0.4, 0.5) is 0 Å². The maximum absolute atomic E-state index is 11.3. The first kappa shape index (κ1) is 20.8. The highest BCUT2D eigenvalue weighted by molar-refractivity contribution is 7.89. The Morgan fingerprint density at radius 3 is 2.33 bits per heavy atom. The molecule has 0 saturated carbocycles. The van der Waals surface area contributed by atoms with E-state index < -0.39 is 9.84 Å². The molecule has 0 unspecified atom stereocenters. The molecule has 0 atom stereocenters. The van der Waals surface area contributed by atoms with E-state index in [2.05, 4.69) is 21.7 Å². The van der Waals surface area contributed by atoms with Crippen molar-refractivity contribution < 1.29 is 13.2 Å². The number of sulfone groups is 1. The predicted molar refractivity (Wildman–Crippen MR) is 110 cm³/mol. The number of hydrogen-bond donors (Lipinski definition) is 2. The number of para-hydroxylation sites is 1. The fourth-order valence-corrected chi connectivity index (χ4v) is 3.49. The van der Waals surface area contributed by atoms with E-state index >= 15 is 0 Å². The number of ether oxygens (including phenoxy) is 1. The maximum Gasteiger partial charge on any atom is 0.191 e. The summed E-state index contributed by atoms with van der Waals surface area (Å²) in [5, 5.41) is 6.54. The summed E-state index contributed by atoms with van der Waals surface area (Å²) in [5.74, 6) is 1.66. The van der Waals surface area contributed by atoms with Crippen LogP contribution in [0.2, 0.25) is 0 Å². The van der Waals surface area contributed by atoms with Crippen LogP contribution in [0.1, 0.15) is 16.7 Å². The van der Waals surface area contributed by atoms with Crippen molar-refractivity contribution in [2.24, 2.45) is 4.99 Å². The number of rotatable bonds is 8. The Hall–Kier alpha value is -2.54. The van der Waals surface area contributed by atoms with Gasteiger partial charge in [0, 0.05) is 26.4 Å². The molecule has 0 spiro atoms. The third kappa shape index (κ3) is 7.30. The molecular weight excluding hydrogens is 362 g/mol. The van der Waals surface area contributed by atoms with E-state index in [0.29, 0.717) is 12.5 Å². The molecule has 0 heterocycles. The van der Waals surface area contributed by atoms with E-state index in [9.17, 15) is 8.42 Å². The van der Waals surface area contributed by atoms with Gasteiger partial charge in [0.2, 0.25) is 0 Å². The van der Waals surface area contributed by atoms with Crippen LogP contribution in [0, 0.1) is 0 Å². The van der Waals surface area contributed by atoms with E-state index in [-0.39, 0.29) is 5.75 Å². The van der Waals surface area contributed by atoms with Crippen molar-refractivity contribution in [1.29, 1.82) is 0 Å². The largest absolute Gasteiger partial charge is 0.496 e. The Labute approximate surface area is 161 Å². The summed E-state index contributed by atoms with van der Waals surface area (Å²) >= 11 is 0. The fraction of sp³-hybridized carbons (Fsp3) is 0.350. The molecule has 6 nitrogen and oxygen atoms in total. The second kappa shape index (κ2) is 9.97. The predicted octanol–water partition coefficient (Wildman–Crippen LogP) is 2.15. The number of nitrogens with one attached hydrogen (secondary N) is 2. The first-order valence-corrected chi connectivity index (χ1v) is 10.8. The van der Waals surface area contributed by atoms with E-state index in [1.165, 1.54) is 6.26 Å². The first-order valence-electron chi connectivity index (χ1n) is 8.73. The van der Waals surface area contributed by atoms with Crippen LogP contribution in [0.25, 0.3) is 0 Å². The summed E-state index contributed by atoms with van der Waals surface area (Å²) in [6.07, 6.45) is 2.06. The zero-order valence-corrected chi connectivity index (χ0v) is 16.8. The van der Waals surface area contributed by atoms with Crippen molar-refractivity contribution in [1.82, 2.24) is 10.6 Å². The molecule has 0 bridgehead atoms. The average molecular weight is 390 g/mol. The van der Waals surface area contributed by atoms with Gasteiger partial charge in [0.1, 0.15) is 5.75 Å². The molecule has 27 heavy (non-hydrogen) atoms. The van der Waals surface area contributed by atoms with Gasteiger partial charge in [-0.1, -0.05) is 42.5 Å². The van der Waals surface area contributed by atoms with Crippen molar-refractivity contribution in [2.75, 3.05) is 27.0 Å². The molecule has 2 N–H and O–H groups in total. The summed E-state index contributed by atoms with van der Waals surface area (Å²) in [6.45, 7) is 1.33. The summed E-state index contributed by atoms with van der Waals surface area (Å²) in [4.78, 5) is 4.23. The average Bonchev–Trinajstić information content (AvgIpc) is 2.64. The highest BCUT2D eigenvalue weighted by Crippen LogP contribution is 2.17. The molecule has 0 aliphatic heterocycles. The van der Waals surface area contributed by atoms with Crippen molar-refractivity contribution in [2.45, 2.75) is 18.7 Å². The van der Waals surface area contributed by atoms with Crippen molar-refractivity contribution in [3.05, 3.63) is 65.2 Å². The minimum atomic E-state index is -3.01. The Morgan fingerprint density at radius 2 is 1.70 bits per heavy atom. The smallest absolute Gasteiger partial charge is 0.191 e. The van der Waals surface area contributed by atoms with Crippen LogP contribution < -0.4 is 15.4 Å². The molecule has 7 heteroatoms. The highest BCUT2D eigenvalue weighted by Gasteiger charge is 2.05. The Kier molecular flexibility index (Phi) is 7.67. The molecule has 0 saturated heterocycles. The number of benzene rings is 2. The molecule has 0 radical (unpaired) electrons. The van der Waals surface area contributed by atoms with Gasteiger partial charge in [-0.3, -0.25) is 4.99 Å². The van der Waals surface area contributed by atoms with Crippen LogP contribution in [-0.4, -0.2) is 41.3 Å². The molecule has 0 fully saturated rings. The molecule has 0 amide bonds. The van der Waals surface area contributed by atoms with Crippen LogP contribution >= 0.6 is 0 Å². The van der Waals surface area contributed by atoms with E-state index in [1.807, 2.05) is 42.5 Å². The molecule has 0 aromatic heterocycles. The summed E-state index contributed by atoms with van der Waals surface area (Å²) in [7, 11) is 0.393. The Bertz CT molecular complexity index is 862. The molecule has 146 valence electrons. The molecule has 0 aliphatic carbocycles. The molecule has 2 aromatic carbocycles. The minimum Gasteiger partial charge on any atom is -0.496 e. The van der Waals surface area contributed by atoms with Crippen LogP contribution in [0.5, 0.6) is 5.75 Å². The van der Waals surface area contributed by atoms with Gasteiger partial charge in [-0.25, -0.2) is 8.42 Å². The molecule has 0 aliphatic rings. The summed E-state index contributed by atoms with van der Waals surface area (Å²) in [6, 6.07) is 15.5. The lowest BCUT2D eigenvalue weighted by molar-refractivity contribution is 0.409. The van der Waals surface area contributed by atoms with Gasteiger partial charge in [-0.2, -0.15) is 0 Å². The van der Waals surface area contributed by atoms with Gasteiger partial charge in [-0.05, 0) is 29.2 Å². The van der Waals surface area contributed by atoms with Gasteiger partial charge < -0.3 is 15.4 Å². The third-order valence-corrected chi connectivity index (χ3v) is 4.87. The monoisotopic (exact) mass is 389 g/mol. The first-order chi connectivity index (χ1) is 12.9. The lowest BCUT2D eigenvalue weighted by Gasteiger charge is -2.13. The second-order valence-corrected chi connectivity index (χ2v) is 8.44. The van der Waals surface area contributed by atoms with E-state index in [4.69, 9.17) is 4.74 Å². The van der Waals surface area contributed by atoms with Crippen LogP contribution in [-0.2, 0) is 28.6 Å². The third-order valence-electron chi connectivity index (χ3n) is 4.01. The number of hydrogen-bond acceptors (Lipinski definition) is 4. The van der Waals surface area contributed by atoms with Gasteiger partial charge in [-0.15, -0.1) is 0 Å². The van der Waals surface area contributed by atoms with Gasteiger partial charge in [0.25, 0.3) is 0 Å². The van der Waals surface area contributed by atoms with Crippen LogP contribution in [0.15, 0.2) is 53.5 Å². The Balaban J connectivity index is 1.81. The minimum absolute atomic E-state index is 0.0624. The number of nitrogens with zero attached hydrogens (tertiary/aromatic N) is 1. The molecule has 2 rings (SSSR count). The molecular formula is C20H27N3O3S. The summed E-state index contributed by atoms with van der Waals surface area (Å²) < 4.78 is 28.0. The SMILES string of the molecule is CN=C(NCCc1ccccc1OC)NCc1ccc(CS(C)(=O)=O)cc1. The van der Waals surface area contributed by atoms with Gasteiger partial charge in [0.15, 0.2) is 15.8 Å². The van der Waals surface area contributed by atoms with E-state index in [1.54, 1.807) is 14.2 Å². The maximum atomic E-state index is 11.3. The summed E-state index contributed by atoms with van der Waals surface area (Å²) in [5.41, 5.74) is 2.99. The lowest BCUT2D eigenvalue weighted by atomic mass is 10.1. The topological polar surface area (TPSA) is 79.8 Å². The van der Waals surface area contributed by atoms with Gasteiger partial charge >= 0.3 is 0 Å². The number of aliphatic imine (C=N–C) groups is 1. The zero-order chi connectivity index (χ0) is 19.7. The lowest BCUT2D eigenvalue weighted by Crippen LogP contribution is -2.37. The number of guanidine groups is 1. The zero-order valence-electron chi connectivity index (χ0n) is 16.0. The van der Waals surface area contributed by atoms with Crippen molar-refractivity contribution in [3.63, 3.8) is 0 Å². The fourth-order valence-electron chi connectivity index (χ4n) is 2.69. The van der Waals surface area contributed by atoms with Crippen molar-refractivity contribution >= 4 is 15.8 Å². The number of methoxy groups -OCH3 is 1. The second-order valence-electron chi connectivity index (χ2n) is 6.30. The van der Waals surface area contributed by atoms with Crippen LogP contribution in [0.3, 0.4) is 0 Å².